The van der Waals surface area contributed by atoms with Crippen molar-refractivity contribution in [3.05, 3.63) is 63.8 Å². The number of carbonyl (C=O) groups excluding carboxylic acids is 1. The molecule has 0 aliphatic carbocycles. The maximum atomic E-state index is 14.9. The van der Waals surface area contributed by atoms with E-state index in [0.717, 1.165) is 0 Å². The highest BCUT2D eigenvalue weighted by Gasteiger charge is 2.32. The van der Waals surface area contributed by atoms with Crippen molar-refractivity contribution in [3.8, 4) is 0 Å². The molecule has 188 valence electrons. The summed E-state index contributed by atoms with van der Waals surface area (Å²) in [7, 11) is -2.97. The average molecular weight is 522 g/mol. The smallest absolute Gasteiger partial charge is 0.247 e. The van der Waals surface area contributed by atoms with Gasteiger partial charge in [-0.3, -0.25) is 9.69 Å². The second-order valence-electron chi connectivity index (χ2n) is 9.19. The Bertz CT molecular complexity index is 1260. The van der Waals surface area contributed by atoms with Crippen LogP contribution in [-0.2, 0) is 26.8 Å². The lowest BCUT2D eigenvalue weighted by atomic mass is 9.95. The highest BCUT2D eigenvalue weighted by atomic mass is 32.2. The minimum Gasteiger partial charge on any atom is -0.386 e. The molecule has 1 unspecified atom stereocenters. The number of hydrogen-bond acceptors (Lipinski definition) is 9. The van der Waals surface area contributed by atoms with Crippen LogP contribution < -0.4 is 11.1 Å². The summed E-state index contributed by atoms with van der Waals surface area (Å²) in [6, 6.07) is 6.27. The SMILES string of the molecule is CC(C)(O)c1ccc(C2CC(C(N)=O)=C(Nc3ccnc(CN4CCS(=O)(=O)CC4)n3)S2)c(F)c1. The summed E-state index contributed by atoms with van der Waals surface area (Å²) < 4.78 is 38.2. The van der Waals surface area contributed by atoms with Gasteiger partial charge in [0.25, 0.3) is 0 Å². The summed E-state index contributed by atoms with van der Waals surface area (Å²) in [5.41, 5.74) is 5.68. The molecule has 1 saturated heterocycles. The number of thioether (sulfide) groups is 1. The van der Waals surface area contributed by atoms with E-state index in [1.54, 1.807) is 38.2 Å². The molecule has 1 fully saturated rings. The Hall–Kier alpha value is -2.54. The number of nitrogens with two attached hydrogens (primary N) is 1. The van der Waals surface area contributed by atoms with Crippen molar-refractivity contribution in [1.29, 1.82) is 0 Å². The maximum Gasteiger partial charge on any atom is 0.247 e. The molecule has 35 heavy (non-hydrogen) atoms. The first-order valence-electron chi connectivity index (χ1n) is 11.1. The lowest BCUT2D eigenvalue weighted by molar-refractivity contribution is -0.114. The Morgan fingerprint density at radius 1 is 1.31 bits per heavy atom. The van der Waals surface area contributed by atoms with E-state index in [9.17, 15) is 22.7 Å². The van der Waals surface area contributed by atoms with Crippen LogP contribution in [0.15, 0.2) is 41.1 Å². The number of aromatic nitrogens is 2. The molecule has 1 atom stereocenters. The second kappa shape index (κ2) is 9.84. The molecule has 9 nitrogen and oxygen atoms in total. The van der Waals surface area contributed by atoms with Crippen LogP contribution in [0.3, 0.4) is 0 Å². The van der Waals surface area contributed by atoms with Crippen LogP contribution in [0.25, 0.3) is 0 Å². The lowest BCUT2D eigenvalue weighted by Gasteiger charge is -2.25. The third kappa shape index (κ3) is 6.18. The van der Waals surface area contributed by atoms with Gasteiger partial charge in [0, 0.05) is 35.7 Å². The number of amides is 1. The summed E-state index contributed by atoms with van der Waals surface area (Å²) in [5.74, 6) is 0.152. The zero-order valence-electron chi connectivity index (χ0n) is 19.5. The van der Waals surface area contributed by atoms with Crippen LogP contribution in [0, 0.1) is 5.82 Å². The Balaban J connectivity index is 1.48. The molecular weight excluding hydrogens is 493 g/mol. The van der Waals surface area contributed by atoms with Crippen LogP contribution in [0.5, 0.6) is 0 Å². The monoisotopic (exact) mass is 521 g/mol. The van der Waals surface area contributed by atoms with Gasteiger partial charge >= 0.3 is 0 Å². The zero-order valence-corrected chi connectivity index (χ0v) is 21.1. The topological polar surface area (TPSA) is 139 Å². The van der Waals surface area contributed by atoms with Gasteiger partial charge in [-0.2, -0.15) is 0 Å². The van der Waals surface area contributed by atoms with E-state index in [0.29, 0.717) is 53.0 Å². The first-order valence-corrected chi connectivity index (χ1v) is 13.8. The van der Waals surface area contributed by atoms with Crippen LogP contribution in [0.2, 0.25) is 0 Å². The third-order valence-electron chi connectivity index (χ3n) is 6.02. The van der Waals surface area contributed by atoms with Gasteiger partial charge in [0.2, 0.25) is 5.91 Å². The van der Waals surface area contributed by atoms with Gasteiger partial charge in [-0.25, -0.2) is 22.8 Å². The molecular formula is C23H28FN5O4S2. The predicted molar refractivity (Wildman–Crippen MR) is 132 cm³/mol. The highest BCUT2D eigenvalue weighted by molar-refractivity contribution is 8.03. The molecule has 2 aliphatic heterocycles. The molecule has 0 bridgehead atoms. The van der Waals surface area contributed by atoms with E-state index in [2.05, 4.69) is 15.3 Å². The number of primary amides is 1. The molecule has 1 aromatic carbocycles. The molecule has 0 spiro atoms. The molecule has 1 amide bonds. The standard InChI is InChI=1S/C23H28FN5O4S2/c1-23(2,31)14-3-4-15(17(24)11-14)18-12-16(21(25)30)22(34-18)28-19-5-6-26-20(27-19)13-29-7-9-35(32,33)10-8-29/h3-6,11,18,31H,7-10,12-13H2,1-2H3,(H2,25,30)(H,26,27,28). The molecule has 3 heterocycles. The number of sulfone groups is 1. The van der Waals surface area contributed by atoms with Crippen molar-refractivity contribution >= 4 is 33.3 Å². The molecule has 1 aromatic heterocycles. The summed E-state index contributed by atoms with van der Waals surface area (Å²) in [6.07, 6.45) is 1.84. The normalized spacial score (nSPS) is 20.7. The van der Waals surface area contributed by atoms with Crippen molar-refractivity contribution in [3.63, 3.8) is 0 Å². The maximum absolute atomic E-state index is 14.9. The molecule has 4 N–H and O–H groups in total. The molecule has 12 heteroatoms. The highest BCUT2D eigenvalue weighted by Crippen LogP contribution is 2.48. The molecule has 4 rings (SSSR count). The van der Waals surface area contributed by atoms with E-state index in [-0.39, 0.29) is 23.2 Å². The largest absolute Gasteiger partial charge is 0.386 e. The number of anilines is 1. The number of benzene rings is 1. The van der Waals surface area contributed by atoms with Crippen LogP contribution in [0.4, 0.5) is 10.2 Å². The number of halogens is 1. The lowest BCUT2D eigenvalue weighted by Crippen LogP contribution is -2.40. The summed E-state index contributed by atoms with van der Waals surface area (Å²) >= 11 is 1.29. The van der Waals surface area contributed by atoms with Gasteiger partial charge in [0.05, 0.1) is 28.7 Å². The van der Waals surface area contributed by atoms with Crippen LogP contribution in [0.1, 0.15) is 42.5 Å². The number of nitrogens with one attached hydrogen (secondary N) is 1. The van der Waals surface area contributed by atoms with E-state index >= 15 is 0 Å². The van der Waals surface area contributed by atoms with Crippen molar-refractivity contribution in [1.82, 2.24) is 14.9 Å². The number of hydrogen-bond donors (Lipinski definition) is 3. The fraction of sp³-hybridized carbons (Fsp3) is 0.435. The van der Waals surface area contributed by atoms with Gasteiger partial charge in [0.1, 0.15) is 17.5 Å². The van der Waals surface area contributed by atoms with Gasteiger partial charge in [-0.1, -0.05) is 23.9 Å². The van der Waals surface area contributed by atoms with Crippen molar-refractivity contribution in [2.24, 2.45) is 5.73 Å². The number of aliphatic hydroxyl groups is 1. The summed E-state index contributed by atoms with van der Waals surface area (Å²) in [5, 5.41) is 13.4. The Kier molecular flexibility index (Phi) is 7.18. The molecule has 2 aromatic rings. The fourth-order valence-corrected chi connectivity index (χ4v) is 6.58. The van der Waals surface area contributed by atoms with Crippen LogP contribution in [-0.4, -0.2) is 58.9 Å². The van der Waals surface area contributed by atoms with Crippen molar-refractivity contribution in [2.45, 2.75) is 37.7 Å². The van der Waals surface area contributed by atoms with Gasteiger partial charge in [0.15, 0.2) is 9.84 Å². The molecule has 2 aliphatic rings. The third-order valence-corrected chi connectivity index (χ3v) is 8.92. The van der Waals surface area contributed by atoms with E-state index in [4.69, 9.17) is 5.73 Å². The van der Waals surface area contributed by atoms with Crippen LogP contribution >= 0.6 is 11.8 Å². The van der Waals surface area contributed by atoms with E-state index in [1.165, 1.54) is 17.8 Å². The molecule has 0 radical (unpaired) electrons. The molecule has 0 saturated carbocycles. The first-order chi connectivity index (χ1) is 16.4. The predicted octanol–water partition coefficient (Wildman–Crippen LogP) is 2.06. The summed E-state index contributed by atoms with van der Waals surface area (Å²) in [6.45, 7) is 4.43. The van der Waals surface area contributed by atoms with Gasteiger partial charge in [-0.15, -0.1) is 0 Å². The van der Waals surface area contributed by atoms with Gasteiger partial charge in [-0.05, 0) is 38.0 Å². The first kappa shape index (κ1) is 25.5. The Labute approximate surface area is 207 Å². The summed E-state index contributed by atoms with van der Waals surface area (Å²) in [4.78, 5) is 22.9. The van der Waals surface area contributed by atoms with Crippen molar-refractivity contribution in [2.75, 3.05) is 29.9 Å². The fourth-order valence-electron chi connectivity index (χ4n) is 3.96. The Morgan fingerprint density at radius 3 is 2.66 bits per heavy atom. The number of nitrogens with zero attached hydrogens (tertiary/aromatic N) is 3. The Morgan fingerprint density at radius 2 is 2.03 bits per heavy atom. The average Bonchev–Trinajstić information content (AvgIpc) is 3.18. The van der Waals surface area contributed by atoms with E-state index < -0.39 is 27.2 Å². The minimum absolute atomic E-state index is 0.116. The second-order valence-corrected chi connectivity index (χ2v) is 12.7. The van der Waals surface area contributed by atoms with Crippen molar-refractivity contribution < 1.29 is 22.7 Å². The number of rotatable bonds is 7. The van der Waals surface area contributed by atoms with Gasteiger partial charge < -0.3 is 16.2 Å². The zero-order chi connectivity index (χ0) is 25.4. The number of carbonyl (C=O) groups is 1. The van der Waals surface area contributed by atoms with E-state index in [1.807, 2.05) is 4.90 Å². The minimum atomic E-state index is -2.97. The quantitative estimate of drug-likeness (QED) is 0.500.